The van der Waals surface area contributed by atoms with Crippen LogP contribution in [-0.4, -0.2) is 36.9 Å². The lowest BCUT2D eigenvalue weighted by Crippen LogP contribution is -2.52. The maximum absolute atomic E-state index is 13.8. The highest BCUT2D eigenvalue weighted by Crippen LogP contribution is 2.31. The lowest BCUT2D eigenvalue weighted by molar-refractivity contribution is -0.127. The van der Waals surface area contributed by atoms with Crippen LogP contribution in [0.15, 0.2) is 66.0 Å². The van der Waals surface area contributed by atoms with Crippen molar-refractivity contribution in [3.63, 3.8) is 0 Å². The first kappa shape index (κ1) is 26.9. The van der Waals surface area contributed by atoms with Crippen molar-refractivity contribution in [1.29, 1.82) is 0 Å². The van der Waals surface area contributed by atoms with E-state index >= 15 is 0 Å². The summed E-state index contributed by atoms with van der Waals surface area (Å²) in [6.07, 6.45) is 0.712. The van der Waals surface area contributed by atoms with Crippen LogP contribution in [0.2, 0.25) is 0 Å². The zero-order valence-electron chi connectivity index (χ0n) is 21.3. The van der Waals surface area contributed by atoms with Crippen LogP contribution in [0.3, 0.4) is 0 Å². The monoisotopic (exact) mass is 507 g/mol. The molecule has 3 rings (SSSR count). The number of nitrogens with one attached hydrogen (secondary N) is 2. The lowest BCUT2D eigenvalue weighted by atomic mass is 9.97. The first-order valence-electron chi connectivity index (χ1n) is 11.8. The molecule has 0 spiro atoms. The van der Waals surface area contributed by atoms with Gasteiger partial charge in [0, 0.05) is 17.3 Å². The van der Waals surface area contributed by atoms with Gasteiger partial charge in [-0.2, -0.15) is 0 Å². The third-order valence-electron chi connectivity index (χ3n) is 5.99. The number of amides is 3. The van der Waals surface area contributed by atoms with Crippen LogP contribution in [0.4, 0.5) is 5.69 Å². The van der Waals surface area contributed by atoms with Gasteiger partial charge in [0.25, 0.3) is 5.91 Å². The van der Waals surface area contributed by atoms with Crippen LogP contribution in [0.25, 0.3) is 0 Å². The summed E-state index contributed by atoms with van der Waals surface area (Å²) in [5, 5.41) is 7.58. The molecule has 0 radical (unpaired) electrons. The summed E-state index contributed by atoms with van der Waals surface area (Å²) in [5.41, 5.74) is 1.70. The maximum Gasteiger partial charge on any atom is 0.261 e. The van der Waals surface area contributed by atoms with Crippen molar-refractivity contribution in [2.45, 2.75) is 45.7 Å². The Hall–Kier alpha value is -3.65. The third kappa shape index (κ3) is 6.73. The smallest absolute Gasteiger partial charge is 0.261 e. The molecule has 1 heterocycles. The number of carbonyl (C=O) groups excluding carboxylic acids is 3. The fourth-order valence-corrected chi connectivity index (χ4v) is 4.23. The van der Waals surface area contributed by atoms with Crippen LogP contribution in [0, 0.1) is 6.92 Å². The second-order valence-electron chi connectivity index (χ2n) is 9.17. The Morgan fingerprint density at radius 2 is 1.78 bits per heavy atom. The number of anilines is 1. The molecule has 8 heteroatoms. The molecule has 1 atom stereocenters. The molecule has 0 bridgehead atoms. The summed E-state index contributed by atoms with van der Waals surface area (Å²) >= 11 is 1.29. The fourth-order valence-electron chi connectivity index (χ4n) is 3.59. The van der Waals surface area contributed by atoms with Gasteiger partial charge in [-0.05, 0) is 56.3 Å². The van der Waals surface area contributed by atoms with E-state index in [0.29, 0.717) is 28.3 Å². The van der Waals surface area contributed by atoms with Gasteiger partial charge in [-0.3, -0.25) is 19.3 Å². The zero-order valence-corrected chi connectivity index (χ0v) is 22.1. The van der Waals surface area contributed by atoms with Crippen LogP contribution in [-0.2, 0) is 9.59 Å². The van der Waals surface area contributed by atoms with E-state index in [4.69, 9.17) is 4.74 Å². The molecule has 0 saturated heterocycles. The summed E-state index contributed by atoms with van der Waals surface area (Å²) in [6, 6.07) is 17.0. The number of hydrogen-bond acceptors (Lipinski definition) is 5. The van der Waals surface area contributed by atoms with Crippen LogP contribution in [0.5, 0.6) is 5.75 Å². The predicted molar refractivity (Wildman–Crippen MR) is 144 cm³/mol. The molecule has 0 aliphatic heterocycles. The average molecular weight is 508 g/mol. The predicted octanol–water partition coefficient (Wildman–Crippen LogP) is 4.87. The SMILES string of the molecule is CCC(C)(C)NC(=O)[C@H](c1ccc(C)cc1)N(C(=O)CNC(=O)c1cccs1)c1cccc(OC)c1. The Morgan fingerprint density at radius 1 is 1.06 bits per heavy atom. The molecule has 3 aromatic rings. The van der Waals surface area contributed by atoms with E-state index < -0.39 is 17.5 Å². The number of thiophene rings is 1. The van der Waals surface area contributed by atoms with Crippen molar-refractivity contribution >= 4 is 34.7 Å². The molecule has 0 unspecified atom stereocenters. The minimum atomic E-state index is -0.963. The number of rotatable bonds is 10. The van der Waals surface area contributed by atoms with Crippen LogP contribution in [0.1, 0.15) is 54.0 Å². The summed E-state index contributed by atoms with van der Waals surface area (Å²) in [6.45, 7) is 7.56. The van der Waals surface area contributed by atoms with Crippen molar-refractivity contribution in [3.8, 4) is 5.75 Å². The molecule has 1 aromatic heterocycles. The number of carbonyl (C=O) groups is 3. The largest absolute Gasteiger partial charge is 0.497 e. The molecule has 0 aliphatic carbocycles. The topological polar surface area (TPSA) is 87.7 Å². The molecule has 0 aliphatic rings. The molecule has 2 aromatic carbocycles. The Kier molecular flexibility index (Phi) is 8.88. The Balaban J connectivity index is 2.05. The molecule has 3 amide bonds. The van der Waals surface area contributed by atoms with Gasteiger partial charge in [0.1, 0.15) is 11.8 Å². The van der Waals surface area contributed by atoms with E-state index in [1.54, 1.807) is 48.9 Å². The quantitative estimate of drug-likeness (QED) is 0.410. The Morgan fingerprint density at radius 3 is 2.39 bits per heavy atom. The molecule has 7 nitrogen and oxygen atoms in total. The minimum absolute atomic E-state index is 0.277. The van der Waals surface area contributed by atoms with Crippen LogP contribution >= 0.6 is 11.3 Å². The van der Waals surface area contributed by atoms with Crippen molar-refractivity contribution in [3.05, 3.63) is 82.0 Å². The van der Waals surface area contributed by atoms with Gasteiger partial charge in [0.2, 0.25) is 11.8 Å². The maximum atomic E-state index is 13.8. The van der Waals surface area contributed by atoms with Gasteiger partial charge < -0.3 is 15.4 Å². The lowest BCUT2D eigenvalue weighted by Gasteiger charge is -2.35. The number of ether oxygens (including phenoxy) is 1. The van der Waals surface area contributed by atoms with E-state index in [1.165, 1.54) is 16.2 Å². The van der Waals surface area contributed by atoms with Gasteiger partial charge in [-0.25, -0.2) is 0 Å². The van der Waals surface area contributed by atoms with E-state index in [1.807, 2.05) is 52.0 Å². The highest BCUT2D eigenvalue weighted by molar-refractivity contribution is 7.12. The summed E-state index contributed by atoms with van der Waals surface area (Å²) in [4.78, 5) is 42.0. The van der Waals surface area contributed by atoms with E-state index in [-0.39, 0.29) is 18.4 Å². The Bertz CT molecular complexity index is 1190. The number of hydrogen-bond donors (Lipinski definition) is 2. The molecule has 0 fully saturated rings. The Labute approximate surface area is 216 Å². The molecular formula is C28H33N3O4S. The van der Waals surface area contributed by atoms with Crippen molar-refractivity contribution < 1.29 is 19.1 Å². The molecule has 2 N–H and O–H groups in total. The standard InChI is InChI=1S/C28H33N3O4S/c1-6-28(3,4)30-27(34)25(20-14-12-19(2)13-15-20)31(21-9-7-10-22(17-21)35-5)24(32)18-29-26(33)23-11-8-16-36-23/h7-17,25H,6,18H2,1-5H3,(H,29,33)(H,30,34)/t25-/m0/s1. The number of benzene rings is 2. The molecule has 0 saturated carbocycles. The number of aryl methyl sites for hydroxylation is 1. The number of methoxy groups -OCH3 is 1. The second-order valence-corrected chi connectivity index (χ2v) is 10.1. The van der Waals surface area contributed by atoms with Crippen molar-refractivity contribution in [2.75, 3.05) is 18.6 Å². The normalized spacial score (nSPS) is 11.9. The van der Waals surface area contributed by atoms with Gasteiger partial charge >= 0.3 is 0 Å². The highest BCUT2D eigenvalue weighted by Gasteiger charge is 2.35. The van der Waals surface area contributed by atoms with E-state index in [9.17, 15) is 14.4 Å². The second kappa shape index (κ2) is 11.9. The summed E-state index contributed by atoms with van der Waals surface area (Å²) in [7, 11) is 1.54. The molecule has 36 heavy (non-hydrogen) atoms. The van der Waals surface area contributed by atoms with Crippen molar-refractivity contribution in [2.24, 2.45) is 0 Å². The van der Waals surface area contributed by atoms with E-state index in [0.717, 1.165) is 5.56 Å². The summed E-state index contributed by atoms with van der Waals surface area (Å²) in [5.74, 6) is -0.535. The van der Waals surface area contributed by atoms with E-state index in [2.05, 4.69) is 10.6 Å². The van der Waals surface area contributed by atoms with Gasteiger partial charge in [-0.1, -0.05) is 48.9 Å². The fraction of sp³-hybridized carbons (Fsp3) is 0.321. The van der Waals surface area contributed by atoms with Gasteiger partial charge in [0.05, 0.1) is 18.5 Å². The number of nitrogens with zero attached hydrogens (tertiary/aromatic N) is 1. The third-order valence-corrected chi connectivity index (χ3v) is 6.86. The van der Waals surface area contributed by atoms with Gasteiger partial charge in [-0.15, -0.1) is 11.3 Å². The highest BCUT2D eigenvalue weighted by atomic mass is 32.1. The first-order valence-corrected chi connectivity index (χ1v) is 12.7. The first-order chi connectivity index (χ1) is 17.1. The summed E-state index contributed by atoms with van der Waals surface area (Å²) < 4.78 is 5.38. The van der Waals surface area contributed by atoms with Crippen LogP contribution < -0.4 is 20.3 Å². The van der Waals surface area contributed by atoms with Gasteiger partial charge in [0.15, 0.2) is 0 Å². The molecule has 190 valence electrons. The minimum Gasteiger partial charge on any atom is -0.497 e. The van der Waals surface area contributed by atoms with Crippen molar-refractivity contribution in [1.82, 2.24) is 10.6 Å². The zero-order chi connectivity index (χ0) is 26.3. The molecular weight excluding hydrogens is 474 g/mol. The average Bonchev–Trinajstić information content (AvgIpc) is 3.41.